The van der Waals surface area contributed by atoms with Gasteiger partial charge in [0.15, 0.2) is 17.8 Å². The molecule has 2 aromatic carbocycles. The summed E-state index contributed by atoms with van der Waals surface area (Å²) in [5.41, 5.74) is 2.39. The van der Waals surface area contributed by atoms with Gasteiger partial charge in [0, 0.05) is 23.0 Å². The first-order valence-corrected chi connectivity index (χ1v) is 9.70. The molecule has 0 amide bonds. The van der Waals surface area contributed by atoms with Gasteiger partial charge in [-0.2, -0.15) is 18.2 Å². The lowest BCUT2D eigenvalue weighted by atomic mass is 10.0. The molecule has 3 heterocycles. The topological polar surface area (TPSA) is 68.2 Å². The smallest absolute Gasteiger partial charge is 0.417 e. The van der Waals surface area contributed by atoms with Crippen LogP contribution in [-0.4, -0.2) is 19.6 Å². The van der Waals surface area contributed by atoms with Crippen LogP contribution in [0.2, 0.25) is 0 Å². The first-order chi connectivity index (χ1) is 15.4. The van der Waals surface area contributed by atoms with Gasteiger partial charge in [0.25, 0.3) is 0 Å². The normalized spacial score (nSPS) is 11.8. The van der Waals surface area contributed by atoms with Crippen molar-refractivity contribution in [2.24, 2.45) is 0 Å². The van der Waals surface area contributed by atoms with Crippen molar-refractivity contribution in [2.45, 2.75) is 13.1 Å². The molecule has 0 radical (unpaired) electrons. The lowest BCUT2D eigenvalue weighted by Gasteiger charge is -2.12. The molecule has 0 atom stereocenters. The first-order valence-electron chi connectivity index (χ1n) is 9.70. The van der Waals surface area contributed by atoms with Gasteiger partial charge < -0.3 is 9.73 Å². The average Bonchev–Trinajstić information content (AvgIpc) is 3.39. The summed E-state index contributed by atoms with van der Waals surface area (Å²) < 4.78 is 47.4. The van der Waals surface area contributed by atoms with E-state index in [9.17, 15) is 13.2 Å². The Morgan fingerprint density at radius 3 is 2.41 bits per heavy atom. The van der Waals surface area contributed by atoms with E-state index < -0.39 is 11.7 Å². The van der Waals surface area contributed by atoms with Crippen molar-refractivity contribution in [2.75, 3.05) is 5.32 Å². The molecule has 0 aliphatic carbocycles. The highest BCUT2D eigenvalue weighted by molar-refractivity contribution is 5.80. The fraction of sp³-hybridized carbons (Fsp3) is 0.0870. The fourth-order valence-corrected chi connectivity index (χ4v) is 3.55. The molecule has 0 bridgehead atoms. The Bertz CT molecular complexity index is 1400. The van der Waals surface area contributed by atoms with E-state index in [-0.39, 0.29) is 11.5 Å². The molecule has 1 N–H and O–H groups in total. The SMILES string of the molecule is Cc1ncoc1-c1ccc(Nc2nc3c(-c4ccccc4C(F)(F)F)cccn3n2)cc1. The third-order valence-corrected chi connectivity index (χ3v) is 5.03. The molecular formula is C23H16F3N5O. The minimum Gasteiger partial charge on any atom is -0.443 e. The van der Waals surface area contributed by atoms with Crippen molar-refractivity contribution < 1.29 is 17.6 Å². The van der Waals surface area contributed by atoms with E-state index in [0.717, 1.165) is 23.0 Å². The van der Waals surface area contributed by atoms with Crippen molar-refractivity contribution in [1.82, 2.24) is 19.6 Å². The molecule has 32 heavy (non-hydrogen) atoms. The van der Waals surface area contributed by atoms with Crippen LogP contribution in [0.5, 0.6) is 0 Å². The van der Waals surface area contributed by atoms with E-state index in [1.165, 1.54) is 23.0 Å². The van der Waals surface area contributed by atoms with Gasteiger partial charge in [-0.3, -0.25) is 0 Å². The third-order valence-electron chi connectivity index (χ3n) is 5.03. The van der Waals surface area contributed by atoms with Crippen molar-refractivity contribution in [1.29, 1.82) is 0 Å². The standard InChI is InChI=1S/C23H16F3N5O/c1-14-20(32-13-27-14)15-8-10-16(11-9-15)28-22-29-21-18(6-4-12-31(21)30-22)17-5-2-3-7-19(17)23(24,25)26/h2-13H,1H3,(H,28,30). The number of anilines is 2. The number of halogens is 3. The van der Waals surface area contributed by atoms with Gasteiger partial charge >= 0.3 is 6.18 Å². The summed E-state index contributed by atoms with van der Waals surface area (Å²) in [5, 5.41) is 7.45. The van der Waals surface area contributed by atoms with Gasteiger partial charge in [0.2, 0.25) is 5.95 Å². The zero-order chi connectivity index (χ0) is 22.3. The van der Waals surface area contributed by atoms with E-state index in [0.29, 0.717) is 17.0 Å². The Balaban J connectivity index is 1.49. The Morgan fingerprint density at radius 2 is 1.69 bits per heavy atom. The summed E-state index contributed by atoms with van der Waals surface area (Å²) in [5.74, 6) is 0.959. The zero-order valence-corrected chi connectivity index (χ0v) is 16.8. The number of nitrogens with zero attached hydrogens (tertiary/aromatic N) is 4. The predicted octanol–water partition coefficient (Wildman–Crippen LogP) is 6.12. The number of hydrogen-bond acceptors (Lipinski definition) is 5. The quantitative estimate of drug-likeness (QED) is 0.368. The van der Waals surface area contributed by atoms with Crippen molar-refractivity contribution in [3.8, 4) is 22.5 Å². The molecule has 5 aromatic rings. The van der Waals surface area contributed by atoms with Gasteiger partial charge in [-0.05, 0) is 55.0 Å². The lowest BCUT2D eigenvalue weighted by molar-refractivity contribution is -0.137. The predicted molar refractivity (Wildman–Crippen MR) is 113 cm³/mol. The van der Waals surface area contributed by atoms with Crippen molar-refractivity contribution in [3.63, 3.8) is 0 Å². The van der Waals surface area contributed by atoms with Gasteiger partial charge in [0.1, 0.15) is 0 Å². The molecule has 3 aromatic heterocycles. The Hall–Kier alpha value is -4.14. The highest BCUT2D eigenvalue weighted by atomic mass is 19.4. The molecule has 0 saturated heterocycles. The zero-order valence-electron chi connectivity index (χ0n) is 16.8. The second-order valence-electron chi connectivity index (χ2n) is 7.14. The maximum Gasteiger partial charge on any atom is 0.417 e. The number of benzene rings is 2. The van der Waals surface area contributed by atoms with Gasteiger partial charge in [0.05, 0.1) is 11.3 Å². The minimum absolute atomic E-state index is 0.0522. The summed E-state index contributed by atoms with van der Waals surface area (Å²) in [7, 11) is 0. The number of aryl methyl sites for hydroxylation is 1. The van der Waals surface area contributed by atoms with Crippen LogP contribution < -0.4 is 5.32 Å². The number of alkyl halides is 3. The molecule has 0 aliphatic heterocycles. The largest absolute Gasteiger partial charge is 0.443 e. The molecule has 6 nitrogen and oxygen atoms in total. The van der Waals surface area contributed by atoms with Crippen LogP contribution in [0.25, 0.3) is 28.1 Å². The van der Waals surface area contributed by atoms with E-state index >= 15 is 0 Å². The maximum absolute atomic E-state index is 13.5. The number of fused-ring (bicyclic) bond motifs is 1. The Labute approximate surface area is 180 Å². The van der Waals surface area contributed by atoms with Gasteiger partial charge in [-0.15, -0.1) is 5.10 Å². The number of nitrogens with one attached hydrogen (secondary N) is 1. The molecule has 0 spiro atoms. The van der Waals surface area contributed by atoms with E-state index in [1.807, 2.05) is 31.2 Å². The highest BCUT2D eigenvalue weighted by Crippen LogP contribution is 2.38. The van der Waals surface area contributed by atoms with Crippen LogP contribution in [0.3, 0.4) is 0 Å². The summed E-state index contributed by atoms with van der Waals surface area (Å²) in [6.07, 6.45) is -1.44. The van der Waals surface area contributed by atoms with Gasteiger partial charge in [-0.25, -0.2) is 9.50 Å². The molecule has 9 heteroatoms. The number of aromatic nitrogens is 4. The van der Waals surface area contributed by atoms with Crippen LogP contribution in [-0.2, 0) is 6.18 Å². The first kappa shape index (κ1) is 19.8. The maximum atomic E-state index is 13.5. The van der Waals surface area contributed by atoms with E-state index in [4.69, 9.17) is 4.42 Å². The average molecular weight is 435 g/mol. The molecule has 0 aliphatic rings. The second-order valence-corrected chi connectivity index (χ2v) is 7.14. The molecule has 0 saturated carbocycles. The minimum atomic E-state index is -4.48. The van der Waals surface area contributed by atoms with Crippen molar-refractivity contribution >= 4 is 17.3 Å². The van der Waals surface area contributed by atoms with Crippen LogP contribution in [0.1, 0.15) is 11.3 Å². The molecule has 0 unspecified atom stereocenters. The fourth-order valence-electron chi connectivity index (χ4n) is 3.55. The van der Waals surface area contributed by atoms with Crippen LogP contribution >= 0.6 is 0 Å². The van der Waals surface area contributed by atoms with Crippen LogP contribution in [0.15, 0.2) is 77.7 Å². The number of oxazole rings is 1. The molecule has 0 fully saturated rings. The van der Waals surface area contributed by atoms with Crippen LogP contribution in [0, 0.1) is 6.92 Å². The molecule has 5 rings (SSSR count). The molecular weight excluding hydrogens is 419 g/mol. The Morgan fingerprint density at radius 1 is 0.938 bits per heavy atom. The summed E-state index contributed by atoms with van der Waals surface area (Å²) >= 11 is 0. The summed E-state index contributed by atoms with van der Waals surface area (Å²) in [6, 6.07) is 16.1. The molecule has 160 valence electrons. The van der Waals surface area contributed by atoms with E-state index in [1.54, 1.807) is 24.4 Å². The lowest BCUT2D eigenvalue weighted by Crippen LogP contribution is -2.07. The number of pyridine rings is 1. The summed E-state index contributed by atoms with van der Waals surface area (Å²) in [6.45, 7) is 1.86. The number of hydrogen-bond donors (Lipinski definition) is 1. The summed E-state index contributed by atoms with van der Waals surface area (Å²) in [4.78, 5) is 8.53. The van der Waals surface area contributed by atoms with Gasteiger partial charge in [-0.1, -0.05) is 18.2 Å². The number of rotatable bonds is 4. The monoisotopic (exact) mass is 435 g/mol. The highest BCUT2D eigenvalue weighted by Gasteiger charge is 2.33. The van der Waals surface area contributed by atoms with Crippen molar-refractivity contribution in [3.05, 3.63) is 84.5 Å². The van der Waals surface area contributed by atoms with E-state index in [2.05, 4.69) is 20.4 Å². The third kappa shape index (κ3) is 3.58. The Kier molecular flexibility index (Phi) is 4.66. The second kappa shape index (κ2) is 7.52. The van der Waals surface area contributed by atoms with Crippen LogP contribution in [0.4, 0.5) is 24.8 Å².